The minimum Gasteiger partial charge on any atom is -0.387 e. The number of amides is 1. The van der Waals surface area contributed by atoms with Crippen LogP contribution in [0, 0.1) is 0 Å². The molecule has 0 heterocycles. The first kappa shape index (κ1) is 69.2. The highest BCUT2D eigenvalue weighted by molar-refractivity contribution is 7.47. The molecule has 0 aromatic rings. The molecule has 0 aliphatic carbocycles. The van der Waals surface area contributed by atoms with E-state index in [9.17, 15) is 19.4 Å². The number of allylic oxidation sites excluding steroid dienone is 9. The first-order valence-corrected chi connectivity index (χ1v) is 31.7. The molecule has 9 heteroatoms. The Labute approximate surface area is 441 Å². The van der Waals surface area contributed by atoms with Gasteiger partial charge in [0, 0.05) is 6.42 Å². The Kier molecular flexibility index (Phi) is 51.7. The minimum absolute atomic E-state index is 0.0622. The van der Waals surface area contributed by atoms with Crippen molar-refractivity contribution in [3.8, 4) is 0 Å². The first-order chi connectivity index (χ1) is 34.5. The van der Waals surface area contributed by atoms with E-state index >= 15 is 0 Å². The summed E-state index contributed by atoms with van der Waals surface area (Å²) >= 11 is 0. The van der Waals surface area contributed by atoms with Gasteiger partial charge in [0.15, 0.2) is 0 Å². The van der Waals surface area contributed by atoms with Gasteiger partial charge in [-0.3, -0.25) is 13.8 Å². The van der Waals surface area contributed by atoms with Crippen LogP contribution in [0.2, 0.25) is 0 Å². The van der Waals surface area contributed by atoms with Crippen LogP contribution in [0.4, 0.5) is 0 Å². The predicted octanol–water partition coefficient (Wildman–Crippen LogP) is 18.5. The van der Waals surface area contributed by atoms with Crippen molar-refractivity contribution in [2.75, 3.05) is 40.9 Å². The van der Waals surface area contributed by atoms with E-state index in [1.54, 1.807) is 6.08 Å². The maximum atomic E-state index is 13.0. The van der Waals surface area contributed by atoms with Crippen molar-refractivity contribution in [2.45, 2.75) is 289 Å². The molecule has 0 aromatic heterocycles. The quantitative estimate of drug-likeness (QED) is 0.0243. The van der Waals surface area contributed by atoms with Crippen LogP contribution in [-0.4, -0.2) is 73.4 Å². The second-order valence-corrected chi connectivity index (χ2v) is 23.2. The van der Waals surface area contributed by atoms with Crippen LogP contribution in [0.1, 0.15) is 277 Å². The molecule has 0 saturated carbocycles. The molecule has 0 fully saturated rings. The Morgan fingerprint density at radius 1 is 0.493 bits per heavy atom. The van der Waals surface area contributed by atoms with Gasteiger partial charge >= 0.3 is 7.82 Å². The van der Waals surface area contributed by atoms with Crippen LogP contribution in [0.3, 0.4) is 0 Å². The highest BCUT2D eigenvalue weighted by Gasteiger charge is 2.27. The molecule has 1 amide bonds. The van der Waals surface area contributed by atoms with Crippen LogP contribution >= 0.6 is 7.82 Å². The van der Waals surface area contributed by atoms with Crippen molar-refractivity contribution in [3.05, 3.63) is 60.8 Å². The lowest BCUT2D eigenvalue weighted by atomic mass is 10.0. The van der Waals surface area contributed by atoms with Crippen LogP contribution in [0.25, 0.3) is 0 Å². The Bertz CT molecular complexity index is 1340. The molecule has 0 saturated heterocycles. The molecule has 0 rings (SSSR count). The normalized spacial score (nSPS) is 14.3. The summed E-state index contributed by atoms with van der Waals surface area (Å²) in [5.74, 6) is -0.174. The van der Waals surface area contributed by atoms with Gasteiger partial charge in [0.2, 0.25) is 5.91 Å². The van der Waals surface area contributed by atoms with E-state index < -0.39 is 20.0 Å². The second kappa shape index (κ2) is 53.0. The Balaban J connectivity index is 3.97. The van der Waals surface area contributed by atoms with Crippen molar-refractivity contribution in [3.63, 3.8) is 0 Å². The maximum absolute atomic E-state index is 13.0. The van der Waals surface area contributed by atoms with E-state index in [4.69, 9.17) is 9.05 Å². The van der Waals surface area contributed by atoms with E-state index in [2.05, 4.69) is 67.8 Å². The number of hydrogen-bond donors (Lipinski definition) is 3. The lowest BCUT2D eigenvalue weighted by Gasteiger charge is -2.25. The molecule has 0 aliphatic rings. The van der Waals surface area contributed by atoms with Gasteiger partial charge in [-0.2, -0.15) is 0 Å². The topological polar surface area (TPSA) is 105 Å². The number of likely N-dealkylation sites (N-methyl/N-ethyl adjacent to an activating group) is 1. The van der Waals surface area contributed by atoms with Crippen LogP contribution in [0.5, 0.6) is 0 Å². The number of aliphatic hydroxyl groups is 1. The molecule has 0 radical (unpaired) electrons. The number of aliphatic hydroxyl groups excluding tert-OH is 1. The first-order valence-electron chi connectivity index (χ1n) is 30.2. The van der Waals surface area contributed by atoms with Crippen molar-refractivity contribution < 1.29 is 32.9 Å². The van der Waals surface area contributed by atoms with Crippen LogP contribution in [0.15, 0.2) is 60.8 Å². The molecule has 416 valence electrons. The number of hydrogen-bond acceptors (Lipinski definition) is 5. The number of carbonyl (C=O) groups excluding carboxylic acids is 1. The van der Waals surface area contributed by atoms with E-state index in [0.29, 0.717) is 17.4 Å². The number of phosphoric acid groups is 1. The minimum atomic E-state index is -4.34. The third-order valence-corrected chi connectivity index (χ3v) is 14.5. The summed E-state index contributed by atoms with van der Waals surface area (Å²) < 4.78 is 23.7. The van der Waals surface area contributed by atoms with E-state index in [-0.39, 0.29) is 19.1 Å². The van der Waals surface area contributed by atoms with E-state index in [1.807, 2.05) is 27.2 Å². The summed E-state index contributed by atoms with van der Waals surface area (Å²) in [5.41, 5.74) is 0. The van der Waals surface area contributed by atoms with Crippen LogP contribution in [-0.2, 0) is 18.4 Å². The molecule has 3 atom stereocenters. The van der Waals surface area contributed by atoms with Gasteiger partial charge in [0.1, 0.15) is 13.2 Å². The largest absolute Gasteiger partial charge is 0.472 e. The van der Waals surface area contributed by atoms with E-state index in [0.717, 1.165) is 64.2 Å². The Morgan fingerprint density at radius 3 is 1.24 bits per heavy atom. The number of carbonyl (C=O) groups is 1. The lowest BCUT2D eigenvalue weighted by molar-refractivity contribution is -0.870. The molecule has 0 bridgehead atoms. The summed E-state index contributed by atoms with van der Waals surface area (Å²) in [6.07, 6.45) is 72.0. The molecule has 71 heavy (non-hydrogen) atoms. The molecule has 0 aliphatic heterocycles. The number of rotatable bonds is 55. The van der Waals surface area contributed by atoms with Gasteiger partial charge < -0.3 is 19.8 Å². The van der Waals surface area contributed by atoms with E-state index in [1.165, 1.54) is 193 Å². The average Bonchev–Trinajstić information content (AvgIpc) is 3.33. The average molecular weight is 1020 g/mol. The fourth-order valence-corrected chi connectivity index (χ4v) is 9.54. The van der Waals surface area contributed by atoms with Gasteiger partial charge in [-0.1, -0.05) is 274 Å². The molecule has 3 unspecified atom stereocenters. The third-order valence-electron chi connectivity index (χ3n) is 13.5. The number of quaternary nitrogens is 1. The predicted molar refractivity (Wildman–Crippen MR) is 309 cm³/mol. The van der Waals surface area contributed by atoms with Gasteiger partial charge in [-0.15, -0.1) is 0 Å². The summed E-state index contributed by atoms with van der Waals surface area (Å²) in [5, 5.41) is 13.9. The van der Waals surface area contributed by atoms with Gasteiger partial charge in [0.05, 0.1) is 39.9 Å². The summed E-state index contributed by atoms with van der Waals surface area (Å²) in [6.45, 7) is 4.72. The van der Waals surface area contributed by atoms with Gasteiger partial charge in [-0.25, -0.2) is 4.57 Å². The fourth-order valence-electron chi connectivity index (χ4n) is 8.80. The smallest absolute Gasteiger partial charge is 0.387 e. The van der Waals surface area contributed by atoms with Gasteiger partial charge in [0.25, 0.3) is 0 Å². The molecule has 3 N–H and O–H groups in total. The highest BCUT2D eigenvalue weighted by atomic mass is 31.2. The number of nitrogens with one attached hydrogen (secondary N) is 1. The van der Waals surface area contributed by atoms with Crippen molar-refractivity contribution >= 4 is 13.7 Å². The zero-order valence-electron chi connectivity index (χ0n) is 47.5. The monoisotopic (exact) mass is 1020 g/mol. The molecule has 8 nitrogen and oxygen atoms in total. The second-order valence-electron chi connectivity index (χ2n) is 21.7. The standard InChI is InChI=1S/C62H117N2O6P/c1-6-8-10-12-14-16-18-20-22-23-24-25-26-27-28-29-30-31-32-33-34-35-36-37-38-39-40-41-42-44-46-48-50-52-54-56-62(66)63-60(59-70-71(67,68)69-58-57-64(3,4)5)61(65)55-53-51-49-47-45-43-21-19-17-15-13-11-9-7-2/h8,10,14,16,20,22,24-25,53,55,60-61,65H,6-7,9,11-13,15,17-19,21,23,26-52,54,56-59H2,1-5H3,(H-,63,66,67,68)/p+1/b10-8-,16-14-,22-20-,25-24-,55-53+. The van der Waals surface area contributed by atoms with Crippen molar-refractivity contribution in [2.24, 2.45) is 0 Å². The summed E-state index contributed by atoms with van der Waals surface area (Å²) in [4.78, 5) is 23.3. The zero-order chi connectivity index (χ0) is 52.0. The summed E-state index contributed by atoms with van der Waals surface area (Å²) in [7, 11) is 1.58. The maximum Gasteiger partial charge on any atom is 0.472 e. The molecule has 0 spiro atoms. The third kappa shape index (κ3) is 55.8. The zero-order valence-corrected chi connectivity index (χ0v) is 48.4. The molecular weight excluding hydrogens is 900 g/mol. The lowest BCUT2D eigenvalue weighted by Crippen LogP contribution is -2.45. The number of phosphoric ester groups is 1. The van der Waals surface area contributed by atoms with Crippen LogP contribution < -0.4 is 5.32 Å². The summed E-state index contributed by atoms with van der Waals surface area (Å²) in [6, 6.07) is -0.845. The van der Waals surface area contributed by atoms with Gasteiger partial charge in [-0.05, 0) is 57.8 Å². The fraction of sp³-hybridized carbons (Fsp3) is 0.823. The molecular formula is C62H118N2O6P+. The van der Waals surface area contributed by atoms with Crippen molar-refractivity contribution in [1.82, 2.24) is 5.32 Å². The number of unbranched alkanes of at least 4 members (excludes halogenated alkanes) is 34. The molecule has 0 aromatic carbocycles. The highest BCUT2D eigenvalue weighted by Crippen LogP contribution is 2.43. The number of nitrogens with zero attached hydrogens (tertiary/aromatic N) is 1. The Morgan fingerprint density at radius 2 is 0.845 bits per heavy atom. The van der Waals surface area contributed by atoms with Crippen molar-refractivity contribution in [1.29, 1.82) is 0 Å². The Hall–Kier alpha value is -1.80. The SMILES string of the molecule is CC/C=C\C/C=C\C/C=C\C/C=C\CCCCCCCCCCCCCCCCCCCCCCCCC(=O)NC(COP(=O)(O)OCC[N+](C)(C)C)C(O)/C=C/CCCCCCCCCCCCCC.